The third-order valence-corrected chi connectivity index (χ3v) is 2.51. The molecular weight excluding hydrogens is 164 g/mol. The molecule has 13 heavy (non-hydrogen) atoms. The Morgan fingerprint density at radius 3 is 2.92 bits per heavy atom. The summed E-state index contributed by atoms with van der Waals surface area (Å²) in [5, 5.41) is 7.91. The van der Waals surface area contributed by atoms with Gasteiger partial charge in [-0.2, -0.15) is 10.2 Å². The van der Waals surface area contributed by atoms with Gasteiger partial charge in [0.1, 0.15) is 0 Å². The van der Waals surface area contributed by atoms with Crippen molar-refractivity contribution in [2.45, 2.75) is 32.6 Å². The van der Waals surface area contributed by atoms with Crippen LogP contribution in [-0.2, 0) is 12.8 Å². The van der Waals surface area contributed by atoms with E-state index >= 15 is 0 Å². The van der Waals surface area contributed by atoms with Crippen LogP contribution in [0.3, 0.4) is 0 Å². The van der Waals surface area contributed by atoms with Gasteiger partial charge in [0.15, 0.2) is 5.78 Å². The highest BCUT2D eigenvalue weighted by molar-refractivity contribution is 5.95. The summed E-state index contributed by atoms with van der Waals surface area (Å²) in [5.74, 6) is 0.105. The maximum Gasteiger partial charge on any atom is 0.161 e. The molecule has 0 N–H and O–H groups in total. The summed E-state index contributed by atoms with van der Waals surface area (Å²) in [7, 11) is 0. The van der Waals surface area contributed by atoms with E-state index in [0.29, 0.717) is 0 Å². The summed E-state index contributed by atoms with van der Waals surface area (Å²) in [5.41, 5.74) is 2.93. The van der Waals surface area contributed by atoms with Crippen LogP contribution in [0.15, 0.2) is 6.20 Å². The number of carbonyl (C=O) groups is 1. The smallest absolute Gasteiger partial charge is 0.161 e. The normalized spacial score (nSPS) is 15.2. The molecule has 1 heterocycles. The van der Waals surface area contributed by atoms with E-state index in [1.807, 2.05) is 0 Å². The van der Waals surface area contributed by atoms with Gasteiger partial charge in [-0.25, -0.2) is 0 Å². The van der Waals surface area contributed by atoms with Gasteiger partial charge in [0.05, 0.1) is 11.9 Å². The van der Waals surface area contributed by atoms with Crippen molar-refractivity contribution in [2.24, 2.45) is 0 Å². The van der Waals surface area contributed by atoms with Gasteiger partial charge in [-0.15, -0.1) is 0 Å². The van der Waals surface area contributed by atoms with Crippen LogP contribution in [0.1, 0.15) is 41.4 Å². The van der Waals surface area contributed by atoms with E-state index < -0.39 is 0 Å². The zero-order chi connectivity index (χ0) is 9.26. The predicted octanol–water partition coefficient (Wildman–Crippen LogP) is 1.56. The van der Waals surface area contributed by atoms with Gasteiger partial charge in [0.2, 0.25) is 0 Å². The van der Waals surface area contributed by atoms with E-state index in [1.54, 1.807) is 13.1 Å². The molecule has 0 radical (unpaired) electrons. The monoisotopic (exact) mass is 176 g/mol. The molecule has 0 saturated heterocycles. The van der Waals surface area contributed by atoms with Crippen LogP contribution in [0.2, 0.25) is 0 Å². The van der Waals surface area contributed by atoms with Gasteiger partial charge in [-0.05, 0) is 38.2 Å². The first-order chi connectivity index (χ1) is 6.29. The SMILES string of the molecule is CC(=O)c1cnnc2c1CCCC2. The molecule has 0 unspecified atom stereocenters. The summed E-state index contributed by atoms with van der Waals surface area (Å²) in [6.07, 6.45) is 5.89. The molecule has 1 aliphatic carbocycles. The number of Topliss-reactive ketones (excluding diaryl/α,β-unsaturated/α-hetero) is 1. The van der Waals surface area contributed by atoms with Gasteiger partial charge in [-0.1, -0.05) is 0 Å². The first-order valence-electron chi connectivity index (χ1n) is 4.63. The largest absolute Gasteiger partial charge is 0.294 e. The van der Waals surface area contributed by atoms with Crippen LogP contribution in [0.25, 0.3) is 0 Å². The molecule has 0 bridgehead atoms. The molecule has 0 atom stereocenters. The topological polar surface area (TPSA) is 42.9 Å². The number of hydrogen-bond donors (Lipinski definition) is 0. The number of rotatable bonds is 1. The number of aryl methyl sites for hydroxylation is 1. The summed E-state index contributed by atoms with van der Waals surface area (Å²) in [6.45, 7) is 1.59. The predicted molar refractivity (Wildman–Crippen MR) is 48.7 cm³/mol. The van der Waals surface area contributed by atoms with Gasteiger partial charge >= 0.3 is 0 Å². The lowest BCUT2D eigenvalue weighted by Gasteiger charge is -2.15. The molecular formula is C10H12N2O. The van der Waals surface area contributed by atoms with E-state index in [0.717, 1.165) is 29.7 Å². The second-order valence-electron chi connectivity index (χ2n) is 3.45. The maximum atomic E-state index is 11.2. The molecule has 3 heteroatoms. The van der Waals surface area contributed by atoms with Gasteiger partial charge in [0.25, 0.3) is 0 Å². The first-order valence-corrected chi connectivity index (χ1v) is 4.63. The van der Waals surface area contributed by atoms with Crippen LogP contribution < -0.4 is 0 Å². The molecule has 0 aliphatic heterocycles. The molecule has 0 fully saturated rings. The number of nitrogens with zero attached hydrogens (tertiary/aromatic N) is 2. The van der Waals surface area contributed by atoms with Crippen LogP contribution in [0.4, 0.5) is 0 Å². The summed E-state index contributed by atoms with van der Waals surface area (Å²) < 4.78 is 0. The van der Waals surface area contributed by atoms with Crippen LogP contribution in [-0.4, -0.2) is 16.0 Å². The second kappa shape index (κ2) is 3.24. The number of ketones is 1. The Balaban J connectivity index is 2.52. The summed E-state index contributed by atoms with van der Waals surface area (Å²) in [4.78, 5) is 11.2. The van der Waals surface area contributed by atoms with Gasteiger partial charge in [-0.3, -0.25) is 4.79 Å². The van der Waals surface area contributed by atoms with Gasteiger partial charge < -0.3 is 0 Å². The molecule has 2 rings (SSSR count). The van der Waals surface area contributed by atoms with Crippen LogP contribution in [0.5, 0.6) is 0 Å². The molecule has 0 amide bonds. The molecule has 1 aliphatic rings. The fourth-order valence-corrected chi connectivity index (χ4v) is 1.83. The van der Waals surface area contributed by atoms with Crippen molar-refractivity contribution in [3.63, 3.8) is 0 Å². The fraction of sp³-hybridized carbons (Fsp3) is 0.500. The number of aromatic nitrogens is 2. The van der Waals surface area contributed by atoms with E-state index in [-0.39, 0.29) is 5.78 Å². The lowest BCUT2D eigenvalue weighted by Crippen LogP contribution is -2.12. The Labute approximate surface area is 77.2 Å². The second-order valence-corrected chi connectivity index (χ2v) is 3.45. The Morgan fingerprint density at radius 1 is 1.38 bits per heavy atom. The van der Waals surface area contributed by atoms with Crippen molar-refractivity contribution in [3.05, 3.63) is 23.0 Å². The molecule has 0 saturated carbocycles. The molecule has 0 spiro atoms. The minimum Gasteiger partial charge on any atom is -0.294 e. The highest BCUT2D eigenvalue weighted by atomic mass is 16.1. The highest BCUT2D eigenvalue weighted by Gasteiger charge is 2.16. The molecule has 1 aromatic rings. The zero-order valence-corrected chi connectivity index (χ0v) is 7.71. The van der Waals surface area contributed by atoms with Crippen molar-refractivity contribution >= 4 is 5.78 Å². The van der Waals surface area contributed by atoms with E-state index in [2.05, 4.69) is 10.2 Å². The van der Waals surface area contributed by atoms with Crippen molar-refractivity contribution in [3.8, 4) is 0 Å². The van der Waals surface area contributed by atoms with Crippen LogP contribution in [0, 0.1) is 0 Å². The third kappa shape index (κ3) is 1.46. The summed E-state index contributed by atoms with van der Waals surface area (Å²) in [6, 6.07) is 0. The lowest BCUT2D eigenvalue weighted by atomic mass is 9.92. The standard InChI is InChI=1S/C10H12N2O/c1-7(13)9-6-11-12-10-5-3-2-4-8(9)10/h6H,2-5H2,1H3. The minimum absolute atomic E-state index is 0.105. The van der Waals surface area contributed by atoms with E-state index in [1.165, 1.54) is 12.8 Å². The van der Waals surface area contributed by atoms with E-state index in [9.17, 15) is 4.79 Å². The van der Waals surface area contributed by atoms with E-state index in [4.69, 9.17) is 0 Å². The van der Waals surface area contributed by atoms with Crippen molar-refractivity contribution < 1.29 is 4.79 Å². The average Bonchev–Trinajstić information content (AvgIpc) is 2.17. The Hall–Kier alpha value is -1.25. The number of hydrogen-bond acceptors (Lipinski definition) is 3. The highest BCUT2D eigenvalue weighted by Crippen LogP contribution is 2.21. The Morgan fingerprint density at radius 2 is 2.15 bits per heavy atom. The first kappa shape index (κ1) is 8.35. The lowest BCUT2D eigenvalue weighted by molar-refractivity contribution is 0.101. The quantitative estimate of drug-likeness (QED) is 0.610. The summed E-state index contributed by atoms with van der Waals surface area (Å²) >= 11 is 0. The number of fused-ring (bicyclic) bond motifs is 1. The van der Waals surface area contributed by atoms with Crippen molar-refractivity contribution in [1.29, 1.82) is 0 Å². The Bertz CT molecular complexity index is 347. The molecule has 0 aromatic carbocycles. The Kier molecular flexibility index (Phi) is 2.08. The molecule has 1 aromatic heterocycles. The fourth-order valence-electron chi connectivity index (χ4n) is 1.83. The van der Waals surface area contributed by atoms with Crippen molar-refractivity contribution in [1.82, 2.24) is 10.2 Å². The molecule has 68 valence electrons. The maximum absolute atomic E-state index is 11.2. The third-order valence-electron chi connectivity index (χ3n) is 2.51. The van der Waals surface area contributed by atoms with Gasteiger partial charge in [0, 0.05) is 5.56 Å². The number of carbonyl (C=O) groups excluding carboxylic acids is 1. The molecule has 3 nitrogen and oxygen atoms in total. The minimum atomic E-state index is 0.105. The van der Waals surface area contributed by atoms with Crippen molar-refractivity contribution in [2.75, 3.05) is 0 Å². The van der Waals surface area contributed by atoms with Crippen LogP contribution >= 0.6 is 0 Å². The average molecular weight is 176 g/mol. The zero-order valence-electron chi connectivity index (χ0n) is 7.71.